The highest BCUT2D eigenvalue weighted by Crippen LogP contribution is 2.25. The molecule has 0 aliphatic carbocycles. The van der Waals surface area contributed by atoms with Crippen LogP contribution < -0.4 is 10.6 Å². The largest absolute Gasteiger partial charge is 0.316 e. The van der Waals surface area contributed by atoms with Crippen molar-refractivity contribution in [3.05, 3.63) is 35.5 Å². The Kier molecular flexibility index (Phi) is 5.72. The number of nitrogens with zero attached hydrogens (tertiary/aromatic N) is 4. The maximum atomic E-state index is 12.1. The maximum absolute atomic E-state index is 12.1. The van der Waals surface area contributed by atoms with Crippen LogP contribution in [0.1, 0.15) is 12.6 Å². The highest BCUT2D eigenvalue weighted by molar-refractivity contribution is 8.01. The van der Waals surface area contributed by atoms with E-state index in [2.05, 4.69) is 30.8 Å². The van der Waals surface area contributed by atoms with Gasteiger partial charge in [-0.2, -0.15) is 0 Å². The monoisotopic (exact) mass is 378 g/mol. The van der Waals surface area contributed by atoms with Crippen molar-refractivity contribution in [1.29, 1.82) is 0 Å². The van der Waals surface area contributed by atoms with Gasteiger partial charge in [0.2, 0.25) is 11.0 Å². The Hall–Kier alpha value is -2.04. The number of thiazole rings is 1. The summed E-state index contributed by atoms with van der Waals surface area (Å²) in [5, 5.41) is 16.9. The van der Waals surface area contributed by atoms with Crippen molar-refractivity contribution < 1.29 is 4.79 Å². The van der Waals surface area contributed by atoms with Crippen LogP contribution in [0.2, 0.25) is 0 Å². The predicted molar refractivity (Wildman–Crippen MR) is 98.3 cm³/mol. The topological polar surface area (TPSA) is 92.7 Å². The van der Waals surface area contributed by atoms with E-state index in [0.717, 1.165) is 15.9 Å². The molecule has 0 aliphatic heterocycles. The number of nitrogens with one attached hydrogen (secondary N) is 2. The zero-order chi connectivity index (χ0) is 16.8. The molecule has 0 saturated carbocycles. The Morgan fingerprint density at radius 3 is 3.00 bits per heavy atom. The third-order valence-electron chi connectivity index (χ3n) is 2.71. The number of hydrogen-bond donors (Lipinski definition) is 2. The molecule has 0 aromatic carbocycles. The van der Waals surface area contributed by atoms with Crippen molar-refractivity contribution in [3.63, 3.8) is 0 Å². The van der Waals surface area contributed by atoms with Crippen LogP contribution in [0.15, 0.2) is 34.1 Å². The van der Waals surface area contributed by atoms with Gasteiger partial charge in [-0.15, -0.1) is 21.5 Å². The molecule has 3 heterocycles. The average Bonchev–Trinajstić information content (AvgIpc) is 3.18. The first-order valence-electron chi connectivity index (χ1n) is 7.11. The lowest BCUT2D eigenvalue weighted by molar-refractivity contribution is -0.115. The van der Waals surface area contributed by atoms with Gasteiger partial charge in [0.1, 0.15) is 5.82 Å². The standard InChI is InChI=1S/C14H14N6OS3/c1-2-22-14-20-19-13(24-14)18-11(21)7-9-8-23-12(16-9)17-10-5-3-4-6-15-10/h3-6,8H,2,7H2,1H3,(H,15,16,17)(H,18,19,21). The van der Waals surface area contributed by atoms with E-state index in [1.54, 1.807) is 18.0 Å². The summed E-state index contributed by atoms with van der Waals surface area (Å²) < 4.78 is 0.850. The van der Waals surface area contributed by atoms with Gasteiger partial charge in [0, 0.05) is 11.6 Å². The van der Waals surface area contributed by atoms with Crippen LogP contribution in [0, 0.1) is 0 Å². The van der Waals surface area contributed by atoms with E-state index in [4.69, 9.17) is 0 Å². The molecule has 124 valence electrons. The Balaban J connectivity index is 1.54. The lowest BCUT2D eigenvalue weighted by Crippen LogP contribution is -2.14. The SMILES string of the molecule is CCSc1nnc(NC(=O)Cc2csc(Nc3ccccn3)n2)s1. The summed E-state index contributed by atoms with van der Waals surface area (Å²) in [7, 11) is 0. The molecule has 0 unspecified atom stereocenters. The average molecular weight is 379 g/mol. The molecule has 0 bridgehead atoms. The molecule has 1 amide bonds. The van der Waals surface area contributed by atoms with E-state index < -0.39 is 0 Å². The zero-order valence-electron chi connectivity index (χ0n) is 12.7. The summed E-state index contributed by atoms with van der Waals surface area (Å²) in [5.41, 5.74) is 0.698. The second-order valence-corrected chi connectivity index (χ2v) is 7.86. The van der Waals surface area contributed by atoms with Gasteiger partial charge in [-0.25, -0.2) is 9.97 Å². The predicted octanol–water partition coefficient (Wildman–Crippen LogP) is 3.43. The molecule has 0 saturated heterocycles. The number of carbonyl (C=O) groups is 1. The minimum absolute atomic E-state index is 0.158. The Morgan fingerprint density at radius 1 is 1.29 bits per heavy atom. The first-order valence-corrected chi connectivity index (χ1v) is 9.79. The molecule has 0 aliphatic rings. The van der Waals surface area contributed by atoms with Crippen molar-refractivity contribution in [2.45, 2.75) is 17.7 Å². The number of hydrogen-bond acceptors (Lipinski definition) is 9. The second kappa shape index (κ2) is 8.18. The van der Waals surface area contributed by atoms with Crippen LogP contribution in [0.25, 0.3) is 0 Å². The summed E-state index contributed by atoms with van der Waals surface area (Å²) in [6.07, 6.45) is 1.90. The summed E-state index contributed by atoms with van der Waals surface area (Å²) in [6, 6.07) is 5.60. The second-order valence-electron chi connectivity index (χ2n) is 4.52. The fourth-order valence-electron chi connectivity index (χ4n) is 1.76. The first kappa shape index (κ1) is 16.8. The lowest BCUT2D eigenvalue weighted by atomic mass is 10.3. The zero-order valence-corrected chi connectivity index (χ0v) is 15.2. The summed E-state index contributed by atoms with van der Waals surface area (Å²) >= 11 is 4.41. The van der Waals surface area contributed by atoms with Crippen molar-refractivity contribution in [2.24, 2.45) is 0 Å². The molecule has 0 atom stereocenters. The number of anilines is 3. The molecule has 0 radical (unpaired) electrons. The number of aromatic nitrogens is 4. The minimum Gasteiger partial charge on any atom is -0.316 e. The van der Waals surface area contributed by atoms with E-state index >= 15 is 0 Å². The Bertz CT molecular complexity index is 804. The summed E-state index contributed by atoms with van der Waals surface area (Å²) in [6.45, 7) is 2.04. The molecule has 3 aromatic rings. The first-order chi connectivity index (χ1) is 11.7. The summed E-state index contributed by atoms with van der Waals surface area (Å²) in [4.78, 5) is 20.6. The van der Waals surface area contributed by atoms with E-state index in [1.807, 2.05) is 30.5 Å². The van der Waals surface area contributed by atoms with Gasteiger partial charge in [-0.1, -0.05) is 36.1 Å². The third-order valence-corrected chi connectivity index (χ3v) is 5.37. The van der Waals surface area contributed by atoms with Crippen molar-refractivity contribution in [2.75, 3.05) is 16.4 Å². The molecule has 24 heavy (non-hydrogen) atoms. The van der Waals surface area contributed by atoms with Crippen LogP contribution >= 0.6 is 34.4 Å². The number of rotatable bonds is 7. The fraction of sp³-hybridized carbons (Fsp3) is 0.214. The lowest BCUT2D eigenvalue weighted by Gasteiger charge is -2.00. The molecular formula is C14H14N6OS3. The molecule has 2 N–H and O–H groups in total. The van der Waals surface area contributed by atoms with Gasteiger partial charge < -0.3 is 10.6 Å². The molecular weight excluding hydrogens is 364 g/mol. The normalized spacial score (nSPS) is 10.5. The van der Waals surface area contributed by atoms with E-state index in [9.17, 15) is 4.79 Å². The van der Waals surface area contributed by atoms with Gasteiger partial charge >= 0.3 is 0 Å². The molecule has 0 spiro atoms. The van der Waals surface area contributed by atoms with Crippen LogP contribution in [0.5, 0.6) is 0 Å². The fourth-order valence-corrected chi connectivity index (χ4v) is 4.14. The van der Waals surface area contributed by atoms with Crippen LogP contribution in [0.4, 0.5) is 16.1 Å². The molecule has 0 fully saturated rings. The van der Waals surface area contributed by atoms with E-state index in [0.29, 0.717) is 16.0 Å². The smallest absolute Gasteiger partial charge is 0.232 e. The van der Waals surface area contributed by atoms with Crippen LogP contribution in [-0.2, 0) is 11.2 Å². The molecule has 7 nitrogen and oxygen atoms in total. The van der Waals surface area contributed by atoms with Gasteiger partial charge in [0.25, 0.3) is 0 Å². The Labute approximate surface area is 151 Å². The van der Waals surface area contributed by atoms with Gasteiger partial charge in [0.15, 0.2) is 9.47 Å². The number of thioether (sulfide) groups is 1. The quantitative estimate of drug-likeness (QED) is 0.480. The molecule has 3 aromatic heterocycles. The van der Waals surface area contributed by atoms with Crippen LogP contribution in [-0.4, -0.2) is 31.8 Å². The molecule has 3 rings (SSSR count). The van der Waals surface area contributed by atoms with Gasteiger partial charge in [-0.05, 0) is 17.9 Å². The molecule has 10 heteroatoms. The van der Waals surface area contributed by atoms with Crippen molar-refractivity contribution in [3.8, 4) is 0 Å². The maximum Gasteiger partial charge on any atom is 0.232 e. The van der Waals surface area contributed by atoms with Gasteiger partial charge in [0.05, 0.1) is 12.1 Å². The third kappa shape index (κ3) is 4.73. The van der Waals surface area contributed by atoms with E-state index in [1.165, 1.54) is 22.7 Å². The van der Waals surface area contributed by atoms with Crippen molar-refractivity contribution >= 4 is 56.4 Å². The highest BCUT2D eigenvalue weighted by Gasteiger charge is 2.11. The van der Waals surface area contributed by atoms with E-state index in [-0.39, 0.29) is 12.3 Å². The van der Waals surface area contributed by atoms with Crippen LogP contribution in [0.3, 0.4) is 0 Å². The summed E-state index contributed by atoms with van der Waals surface area (Å²) in [5.74, 6) is 1.49. The number of pyridine rings is 1. The Morgan fingerprint density at radius 2 is 2.21 bits per heavy atom. The van der Waals surface area contributed by atoms with Crippen molar-refractivity contribution in [1.82, 2.24) is 20.2 Å². The van der Waals surface area contributed by atoms with Gasteiger partial charge in [-0.3, -0.25) is 4.79 Å². The number of amides is 1. The minimum atomic E-state index is -0.158. The number of carbonyl (C=O) groups excluding carboxylic acids is 1. The highest BCUT2D eigenvalue weighted by atomic mass is 32.2.